The van der Waals surface area contributed by atoms with E-state index < -0.39 is 21.7 Å². The molecule has 1 aromatic carbocycles. The second-order valence-corrected chi connectivity index (χ2v) is 9.60. The average Bonchev–Trinajstić information content (AvgIpc) is 3.25. The Morgan fingerprint density at radius 1 is 1.21 bits per heavy atom. The molecule has 6 nitrogen and oxygen atoms in total. The molecule has 3 aromatic rings. The minimum atomic E-state index is -3.95. The van der Waals surface area contributed by atoms with E-state index in [9.17, 15) is 17.2 Å². The molecule has 0 N–H and O–H groups in total. The molecule has 1 atom stereocenters. The van der Waals surface area contributed by atoms with Crippen molar-refractivity contribution in [3.05, 3.63) is 54.0 Å². The number of fused-ring (bicyclic) bond motifs is 1. The predicted molar refractivity (Wildman–Crippen MR) is 105 cm³/mol. The number of sulfonamides is 1. The molecule has 9 heteroatoms. The lowest BCUT2D eigenvalue weighted by atomic mass is 10.0. The Balaban J connectivity index is 1.57. The number of pyridine rings is 1. The molecule has 0 spiro atoms. The summed E-state index contributed by atoms with van der Waals surface area (Å²) in [5.41, 5.74) is 1.63. The van der Waals surface area contributed by atoms with Crippen LogP contribution >= 0.6 is 0 Å². The smallest absolute Gasteiger partial charge is 0.243 e. The number of aromatic nitrogens is 3. The van der Waals surface area contributed by atoms with Gasteiger partial charge in [0, 0.05) is 37.8 Å². The fraction of sp³-hybridized carbons (Fsp3) is 0.400. The van der Waals surface area contributed by atoms with Gasteiger partial charge < -0.3 is 4.57 Å². The van der Waals surface area contributed by atoms with Gasteiger partial charge in [-0.2, -0.15) is 4.31 Å². The van der Waals surface area contributed by atoms with Crippen molar-refractivity contribution in [1.29, 1.82) is 0 Å². The molecule has 1 saturated heterocycles. The first-order valence-corrected chi connectivity index (χ1v) is 11.0. The molecule has 0 aliphatic carbocycles. The molecule has 4 rings (SSSR count). The molecule has 154 valence electrons. The zero-order chi connectivity index (χ0) is 20.8. The van der Waals surface area contributed by atoms with Crippen molar-refractivity contribution < 1.29 is 17.2 Å². The highest BCUT2D eigenvalue weighted by Crippen LogP contribution is 2.29. The van der Waals surface area contributed by atoms with E-state index in [4.69, 9.17) is 4.98 Å². The third kappa shape index (κ3) is 3.76. The van der Waals surface area contributed by atoms with Crippen LogP contribution in [-0.2, 0) is 16.4 Å². The van der Waals surface area contributed by atoms with Gasteiger partial charge in [-0.25, -0.2) is 27.2 Å². The summed E-state index contributed by atoms with van der Waals surface area (Å²) in [6.45, 7) is 4.72. The Morgan fingerprint density at radius 2 is 1.93 bits per heavy atom. The van der Waals surface area contributed by atoms with Crippen molar-refractivity contribution in [2.45, 2.75) is 37.6 Å². The van der Waals surface area contributed by atoms with Crippen LogP contribution in [-0.4, -0.2) is 40.3 Å². The van der Waals surface area contributed by atoms with Crippen LogP contribution in [0.2, 0.25) is 0 Å². The molecule has 1 fully saturated rings. The third-order valence-electron chi connectivity index (χ3n) is 5.23. The minimum absolute atomic E-state index is 0.0671. The van der Waals surface area contributed by atoms with Crippen LogP contribution in [0.4, 0.5) is 8.78 Å². The SMILES string of the molecule is CC(C)n1c(CC2CCN(S(=O)(=O)c3cc(F)cc(F)c3)C2)nc2cccnc21. The van der Waals surface area contributed by atoms with Gasteiger partial charge >= 0.3 is 0 Å². The lowest BCUT2D eigenvalue weighted by Crippen LogP contribution is -2.29. The molecule has 3 heterocycles. The lowest BCUT2D eigenvalue weighted by Gasteiger charge is -2.18. The maximum atomic E-state index is 13.5. The number of rotatable bonds is 5. The number of hydrogen-bond acceptors (Lipinski definition) is 4. The highest BCUT2D eigenvalue weighted by Gasteiger charge is 2.34. The van der Waals surface area contributed by atoms with Crippen molar-refractivity contribution in [3.63, 3.8) is 0 Å². The Bertz CT molecular complexity index is 1140. The number of halogens is 2. The van der Waals surface area contributed by atoms with Gasteiger partial charge in [0.25, 0.3) is 0 Å². The zero-order valence-electron chi connectivity index (χ0n) is 16.2. The van der Waals surface area contributed by atoms with E-state index in [1.807, 2.05) is 12.1 Å². The van der Waals surface area contributed by atoms with Crippen molar-refractivity contribution in [2.24, 2.45) is 5.92 Å². The fourth-order valence-electron chi connectivity index (χ4n) is 3.93. The Hall–Kier alpha value is -2.39. The maximum absolute atomic E-state index is 13.5. The molecule has 0 radical (unpaired) electrons. The van der Waals surface area contributed by atoms with Gasteiger partial charge in [0.15, 0.2) is 5.65 Å². The van der Waals surface area contributed by atoms with Gasteiger partial charge in [0.05, 0.1) is 4.90 Å². The van der Waals surface area contributed by atoms with Crippen molar-refractivity contribution >= 4 is 21.2 Å². The van der Waals surface area contributed by atoms with E-state index in [-0.39, 0.29) is 23.4 Å². The van der Waals surface area contributed by atoms with Crippen LogP contribution in [0.3, 0.4) is 0 Å². The Kier molecular flexibility index (Phi) is 5.12. The summed E-state index contributed by atoms with van der Waals surface area (Å²) in [4.78, 5) is 8.78. The monoisotopic (exact) mass is 420 g/mol. The van der Waals surface area contributed by atoms with Gasteiger partial charge in [0.1, 0.15) is 23.0 Å². The van der Waals surface area contributed by atoms with Crippen molar-refractivity contribution in [1.82, 2.24) is 18.8 Å². The number of nitrogens with zero attached hydrogens (tertiary/aromatic N) is 4. The summed E-state index contributed by atoms with van der Waals surface area (Å²) in [6, 6.07) is 6.29. The second kappa shape index (κ2) is 7.46. The number of imidazole rings is 1. The van der Waals surface area contributed by atoms with Crippen LogP contribution in [0.5, 0.6) is 0 Å². The summed E-state index contributed by atoms with van der Waals surface area (Å²) >= 11 is 0. The molecular weight excluding hydrogens is 398 g/mol. The van der Waals surface area contributed by atoms with Crippen molar-refractivity contribution in [3.8, 4) is 0 Å². The average molecular weight is 420 g/mol. The quantitative estimate of drug-likeness (QED) is 0.633. The number of benzene rings is 1. The summed E-state index contributed by atoms with van der Waals surface area (Å²) in [5, 5.41) is 0. The van der Waals surface area contributed by atoms with Gasteiger partial charge in [-0.15, -0.1) is 0 Å². The van der Waals surface area contributed by atoms with Gasteiger partial charge in [0.2, 0.25) is 10.0 Å². The van der Waals surface area contributed by atoms with Crippen LogP contribution < -0.4 is 0 Å². The predicted octanol–water partition coefficient (Wildman–Crippen LogP) is 3.54. The van der Waals surface area contributed by atoms with Crippen LogP contribution in [0.25, 0.3) is 11.2 Å². The molecular formula is C20H22F2N4O2S. The first-order chi connectivity index (χ1) is 13.8. The normalized spacial score (nSPS) is 18.2. The van der Waals surface area contributed by atoms with E-state index >= 15 is 0 Å². The van der Waals surface area contributed by atoms with Crippen molar-refractivity contribution in [2.75, 3.05) is 13.1 Å². The molecule has 1 unspecified atom stereocenters. The topological polar surface area (TPSA) is 68.1 Å². The lowest BCUT2D eigenvalue weighted by molar-refractivity contribution is 0.446. The number of hydrogen-bond donors (Lipinski definition) is 0. The van der Waals surface area contributed by atoms with Crippen LogP contribution in [0, 0.1) is 17.6 Å². The highest BCUT2D eigenvalue weighted by molar-refractivity contribution is 7.89. The van der Waals surface area contributed by atoms with Gasteiger partial charge in [-0.05, 0) is 50.5 Å². The Morgan fingerprint density at radius 3 is 2.62 bits per heavy atom. The van der Waals surface area contributed by atoms with Gasteiger partial charge in [-0.3, -0.25) is 0 Å². The Labute approximate surface area is 168 Å². The molecule has 1 aliphatic rings. The van der Waals surface area contributed by atoms with E-state index in [1.165, 1.54) is 4.31 Å². The van der Waals surface area contributed by atoms with Gasteiger partial charge in [-0.1, -0.05) is 0 Å². The standard InChI is InChI=1S/C20H22F2N4O2S/c1-13(2)26-19(24-18-4-3-6-23-20(18)26)8-14-5-7-25(12-14)29(27,28)17-10-15(21)9-16(22)11-17/h3-4,6,9-11,13-14H,5,7-8,12H2,1-2H3. The minimum Gasteiger partial charge on any atom is -0.310 e. The maximum Gasteiger partial charge on any atom is 0.243 e. The molecule has 0 amide bonds. The van der Waals surface area contributed by atoms with Crippen LogP contribution in [0.15, 0.2) is 41.4 Å². The molecule has 0 saturated carbocycles. The highest BCUT2D eigenvalue weighted by atomic mass is 32.2. The van der Waals surface area contributed by atoms with E-state index in [0.717, 1.165) is 29.1 Å². The van der Waals surface area contributed by atoms with E-state index in [2.05, 4.69) is 23.4 Å². The largest absolute Gasteiger partial charge is 0.310 e. The van der Waals surface area contributed by atoms with E-state index in [1.54, 1.807) is 6.20 Å². The fourth-order valence-corrected chi connectivity index (χ4v) is 5.50. The molecule has 0 bridgehead atoms. The molecule has 29 heavy (non-hydrogen) atoms. The summed E-state index contributed by atoms with van der Waals surface area (Å²) < 4.78 is 56.0. The molecule has 1 aliphatic heterocycles. The second-order valence-electron chi connectivity index (χ2n) is 7.66. The zero-order valence-corrected chi connectivity index (χ0v) is 17.0. The molecule has 2 aromatic heterocycles. The third-order valence-corrected chi connectivity index (χ3v) is 7.07. The summed E-state index contributed by atoms with van der Waals surface area (Å²) in [6.07, 6.45) is 3.00. The first kappa shape index (κ1) is 19.9. The summed E-state index contributed by atoms with van der Waals surface area (Å²) in [5.74, 6) is -0.873. The van der Waals surface area contributed by atoms with Crippen LogP contribution in [0.1, 0.15) is 32.1 Å². The van der Waals surface area contributed by atoms with E-state index in [0.29, 0.717) is 25.5 Å². The summed E-state index contributed by atoms with van der Waals surface area (Å²) in [7, 11) is -3.95. The first-order valence-electron chi connectivity index (χ1n) is 9.54.